The van der Waals surface area contributed by atoms with Crippen molar-refractivity contribution in [1.82, 2.24) is 4.98 Å². The summed E-state index contributed by atoms with van der Waals surface area (Å²) in [5.74, 6) is 1.02. The quantitative estimate of drug-likeness (QED) is 0.608. The molecule has 0 unspecified atom stereocenters. The molecule has 1 heterocycles. The van der Waals surface area contributed by atoms with Crippen molar-refractivity contribution in [3.63, 3.8) is 0 Å². The van der Waals surface area contributed by atoms with E-state index in [9.17, 15) is 13.2 Å². The molecule has 1 aliphatic rings. The van der Waals surface area contributed by atoms with Crippen LogP contribution in [-0.4, -0.2) is 33.4 Å². The van der Waals surface area contributed by atoms with E-state index in [2.05, 4.69) is 23.6 Å². The summed E-state index contributed by atoms with van der Waals surface area (Å²) in [4.78, 5) is 16.2. The van der Waals surface area contributed by atoms with E-state index in [-0.39, 0.29) is 16.1 Å². The van der Waals surface area contributed by atoms with E-state index in [0.717, 1.165) is 17.5 Å². The number of carbonyl (C=O) groups excluding carboxylic acids is 1. The van der Waals surface area contributed by atoms with Crippen LogP contribution in [0.3, 0.4) is 0 Å². The van der Waals surface area contributed by atoms with Gasteiger partial charge in [0, 0.05) is 34.6 Å². The number of fused-ring (bicyclic) bond motifs is 3. The van der Waals surface area contributed by atoms with Crippen molar-refractivity contribution in [3.8, 4) is 11.5 Å². The third-order valence-electron chi connectivity index (χ3n) is 5.67. The zero-order valence-corrected chi connectivity index (χ0v) is 19.1. The average molecular weight is 443 g/mol. The van der Waals surface area contributed by atoms with E-state index >= 15 is 0 Å². The smallest absolute Gasteiger partial charge is 0.262 e. The molecule has 1 aliphatic carbocycles. The van der Waals surface area contributed by atoms with Crippen LogP contribution in [0.5, 0.6) is 11.5 Å². The number of benzene rings is 2. The summed E-state index contributed by atoms with van der Waals surface area (Å²) in [6.07, 6.45) is 1.22. The van der Waals surface area contributed by atoms with Gasteiger partial charge in [-0.05, 0) is 48.6 Å². The lowest BCUT2D eigenvalue weighted by atomic mass is 9.76. The van der Waals surface area contributed by atoms with E-state index in [1.165, 1.54) is 14.2 Å². The monoisotopic (exact) mass is 442 g/mol. The molecule has 3 aromatic rings. The molecule has 0 saturated carbocycles. The second kappa shape index (κ2) is 7.30. The van der Waals surface area contributed by atoms with Gasteiger partial charge < -0.3 is 14.5 Å². The lowest BCUT2D eigenvalue weighted by Gasteiger charge is -2.28. The SMILES string of the molecule is COc1ccc(NS(=O)(=O)c2cc3[nH]c4c(c3cc2C)C(=O)CC(C)(C)C4)cc1OC. The molecule has 0 fully saturated rings. The Bertz CT molecular complexity index is 1310. The third-order valence-corrected chi connectivity index (χ3v) is 7.19. The van der Waals surface area contributed by atoms with Crippen LogP contribution < -0.4 is 14.2 Å². The molecule has 7 nitrogen and oxygen atoms in total. The summed E-state index contributed by atoms with van der Waals surface area (Å²) in [6, 6.07) is 8.20. The van der Waals surface area contributed by atoms with Crippen molar-refractivity contribution < 1.29 is 22.7 Å². The zero-order chi connectivity index (χ0) is 22.6. The van der Waals surface area contributed by atoms with Crippen LogP contribution in [0.2, 0.25) is 0 Å². The first-order valence-corrected chi connectivity index (χ1v) is 11.5. The first-order chi connectivity index (χ1) is 14.5. The summed E-state index contributed by atoms with van der Waals surface area (Å²) >= 11 is 0. The van der Waals surface area contributed by atoms with Crippen LogP contribution >= 0.6 is 0 Å². The second-order valence-electron chi connectivity index (χ2n) is 8.76. The Morgan fingerprint density at radius 3 is 2.42 bits per heavy atom. The Morgan fingerprint density at radius 1 is 1.03 bits per heavy atom. The maximum atomic E-state index is 13.2. The van der Waals surface area contributed by atoms with Crippen LogP contribution in [0.25, 0.3) is 10.9 Å². The number of Topliss-reactive ketones (excluding diaryl/α,β-unsaturated/α-hetero) is 1. The number of hydrogen-bond acceptors (Lipinski definition) is 5. The lowest BCUT2D eigenvalue weighted by molar-refractivity contribution is 0.0913. The Balaban J connectivity index is 1.76. The van der Waals surface area contributed by atoms with Gasteiger partial charge in [0.25, 0.3) is 10.0 Å². The highest BCUT2D eigenvalue weighted by atomic mass is 32.2. The number of methoxy groups -OCH3 is 2. The van der Waals surface area contributed by atoms with Gasteiger partial charge in [-0.3, -0.25) is 9.52 Å². The Morgan fingerprint density at radius 2 is 1.74 bits per heavy atom. The second-order valence-corrected chi connectivity index (χ2v) is 10.4. The zero-order valence-electron chi connectivity index (χ0n) is 18.3. The van der Waals surface area contributed by atoms with Crippen LogP contribution in [0.1, 0.15) is 41.9 Å². The molecule has 31 heavy (non-hydrogen) atoms. The molecule has 0 bridgehead atoms. The predicted molar refractivity (Wildman–Crippen MR) is 120 cm³/mol. The largest absolute Gasteiger partial charge is 0.493 e. The number of ketones is 1. The summed E-state index contributed by atoms with van der Waals surface area (Å²) in [5, 5.41) is 0.776. The molecule has 8 heteroatoms. The number of rotatable bonds is 5. The topological polar surface area (TPSA) is 97.5 Å². The fourth-order valence-electron chi connectivity index (χ4n) is 4.30. The van der Waals surface area contributed by atoms with Gasteiger partial charge >= 0.3 is 0 Å². The average Bonchev–Trinajstić information content (AvgIpc) is 3.02. The number of aromatic nitrogens is 1. The highest BCUT2D eigenvalue weighted by Crippen LogP contribution is 2.39. The van der Waals surface area contributed by atoms with E-state index in [1.54, 1.807) is 37.3 Å². The van der Waals surface area contributed by atoms with E-state index in [1.807, 2.05) is 0 Å². The minimum Gasteiger partial charge on any atom is -0.493 e. The van der Waals surface area contributed by atoms with Crippen molar-refractivity contribution in [2.45, 2.75) is 38.5 Å². The predicted octanol–water partition coefficient (Wildman–Crippen LogP) is 4.45. The van der Waals surface area contributed by atoms with E-state index in [4.69, 9.17) is 9.47 Å². The lowest BCUT2D eigenvalue weighted by Crippen LogP contribution is -2.26. The standard InChI is InChI=1S/C23H26N2O5S/c1-13-8-15-16(24-17-11-23(2,3)12-18(26)22(15)17)10-21(13)31(27,28)25-14-6-7-19(29-4)20(9-14)30-5/h6-10,24-25H,11-12H2,1-5H3. The summed E-state index contributed by atoms with van der Waals surface area (Å²) in [7, 11) is -0.863. The minimum absolute atomic E-state index is 0.0935. The van der Waals surface area contributed by atoms with Crippen LogP contribution in [-0.2, 0) is 16.4 Å². The number of nitrogens with one attached hydrogen (secondary N) is 2. The first-order valence-electron chi connectivity index (χ1n) is 9.98. The molecule has 0 aliphatic heterocycles. The van der Waals surface area contributed by atoms with Gasteiger partial charge in [-0.2, -0.15) is 0 Å². The van der Waals surface area contributed by atoms with E-state index < -0.39 is 10.0 Å². The summed E-state index contributed by atoms with van der Waals surface area (Å²) < 4.78 is 39.4. The normalized spacial score (nSPS) is 15.6. The number of aryl methyl sites for hydroxylation is 1. The molecule has 1 aromatic heterocycles. The number of carbonyl (C=O) groups is 1. The van der Waals surface area contributed by atoms with Crippen molar-refractivity contribution in [2.24, 2.45) is 5.41 Å². The Labute approximate surface area is 181 Å². The summed E-state index contributed by atoms with van der Waals surface area (Å²) in [5.41, 5.74) is 3.02. The summed E-state index contributed by atoms with van der Waals surface area (Å²) in [6.45, 7) is 5.86. The third kappa shape index (κ3) is 3.76. The fraction of sp³-hybridized carbons (Fsp3) is 0.348. The van der Waals surface area contributed by atoms with Crippen LogP contribution in [0.4, 0.5) is 5.69 Å². The van der Waals surface area contributed by atoms with Gasteiger partial charge in [0.2, 0.25) is 0 Å². The van der Waals surface area contributed by atoms with Crippen molar-refractivity contribution in [3.05, 3.63) is 47.2 Å². The molecule has 164 valence electrons. The van der Waals surface area contributed by atoms with Crippen molar-refractivity contribution in [2.75, 3.05) is 18.9 Å². The molecule has 0 radical (unpaired) electrons. The van der Waals surface area contributed by atoms with Gasteiger partial charge in [0.15, 0.2) is 17.3 Å². The maximum Gasteiger partial charge on any atom is 0.262 e. The number of sulfonamides is 1. The van der Waals surface area contributed by atoms with Gasteiger partial charge in [-0.1, -0.05) is 13.8 Å². The fourth-order valence-corrected chi connectivity index (χ4v) is 5.60. The van der Waals surface area contributed by atoms with Gasteiger partial charge in [-0.15, -0.1) is 0 Å². The molecule has 0 spiro atoms. The number of hydrogen-bond donors (Lipinski definition) is 2. The number of H-pyrrole nitrogens is 1. The van der Waals surface area contributed by atoms with Crippen LogP contribution in [0, 0.1) is 12.3 Å². The number of ether oxygens (including phenoxy) is 2. The molecule has 0 saturated heterocycles. The molecule has 2 N–H and O–H groups in total. The molecule has 2 aromatic carbocycles. The molecule has 0 amide bonds. The Kier molecular flexibility index (Phi) is 5.00. The maximum absolute atomic E-state index is 13.2. The molecule has 4 rings (SSSR count). The van der Waals surface area contributed by atoms with E-state index in [0.29, 0.717) is 40.3 Å². The highest BCUT2D eigenvalue weighted by molar-refractivity contribution is 7.92. The van der Waals surface area contributed by atoms with Gasteiger partial charge in [0.1, 0.15) is 0 Å². The Hall–Kier alpha value is -3.00. The van der Waals surface area contributed by atoms with Gasteiger partial charge in [0.05, 0.1) is 24.8 Å². The molecule has 0 atom stereocenters. The number of aromatic amines is 1. The van der Waals surface area contributed by atoms with Gasteiger partial charge in [-0.25, -0.2) is 8.42 Å². The van der Waals surface area contributed by atoms with Crippen molar-refractivity contribution in [1.29, 1.82) is 0 Å². The molecular weight excluding hydrogens is 416 g/mol. The first kappa shape index (κ1) is 21.2. The van der Waals surface area contributed by atoms with Crippen LogP contribution in [0.15, 0.2) is 35.2 Å². The molecular formula is C23H26N2O5S. The van der Waals surface area contributed by atoms with Crippen molar-refractivity contribution >= 4 is 32.4 Å². The highest BCUT2D eigenvalue weighted by Gasteiger charge is 2.34. The number of anilines is 1. The minimum atomic E-state index is -3.87.